The van der Waals surface area contributed by atoms with Crippen molar-refractivity contribution >= 4 is 39.4 Å². The number of anilines is 1. The summed E-state index contributed by atoms with van der Waals surface area (Å²) in [7, 11) is 1.60. The minimum absolute atomic E-state index is 0.532. The minimum Gasteiger partial charge on any atom is -0.495 e. The summed E-state index contributed by atoms with van der Waals surface area (Å²) in [6.45, 7) is 3.87. The zero-order valence-electron chi connectivity index (χ0n) is 18.8. The molecule has 0 unspecified atom stereocenters. The monoisotopic (exact) mass is 471 g/mol. The molecule has 0 radical (unpaired) electrons. The molecule has 8 heteroatoms. The first kappa shape index (κ1) is 20.7. The van der Waals surface area contributed by atoms with Gasteiger partial charge < -0.3 is 19.4 Å². The van der Waals surface area contributed by atoms with E-state index in [0.717, 1.165) is 56.0 Å². The van der Waals surface area contributed by atoms with Crippen molar-refractivity contribution in [2.24, 2.45) is 0 Å². The number of H-pyrrole nitrogens is 1. The zero-order valence-corrected chi connectivity index (χ0v) is 19.6. The van der Waals surface area contributed by atoms with Crippen LogP contribution in [0, 0.1) is 6.92 Å². The number of hydrogen-bond acceptors (Lipinski definition) is 6. The number of aromatic nitrogens is 4. The summed E-state index contributed by atoms with van der Waals surface area (Å²) in [6, 6.07) is 16.4. The number of halogens is 1. The van der Waals surface area contributed by atoms with Gasteiger partial charge in [0.25, 0.3) is 0 Å². The Morgan fingerprint density at radius 1 is 1.03 bits per heavy atom. The van der Waals surface area contributed by atoms with E-state index in [0.29, 0.717) is 30.5 Å². The Kier molecular flexibility index (Phi) is 4.99. The van der Waals surface area contributed by atoms with Gasteiger partial charge in [-0.2, -0.15) is 0 Å². The van der Waals surface area contributed by atoms with Gasteiger partial charge in [-0.15, -0.1) is 0 Å². The molecule has 2 aromatic heterocycles. The Hall–Kier alpha value is -3.84. The molecule has 3 aromatic carbocycles. The van der Waals surface area contributed by atoms with E-state index >= 15 is 0 Å². The molecule has 0 aliphatic carbocycles. The van der Waals surface area contributed by atoms with Gasteiger partial charge in [-0.25, -0.2) is 15.0 Å². The smallest absolute Gasteiger partial charge is 0.140 e. The van der Waals surface area contributed by atoms with E-state index in [2.05, 4.69) is 55.2 Å². The largest absolute Gasteiger partial charge is 0.495 e. The number of fused-ring (bicyclic) bond motifs is 3. The van der Waals surface area contributed by atoms with E-state index in [1.165, 1.54) is 0 Å². The molecule has 0 atom stereocenters. The lowest BCUT2D eigenvalue weighted by molar-refractivity contribution is 0.331. The Labute approximate surface area is 201 Å². The van der Waals surface area contributed by atoms with Crippen LogP contribution in [0.5, 0.6) is 11.5 Å². The summed E-state index contributed by atoms with van der Waals surface area (Å²) in [5.74, 6) is 3.22. The molecule has 1 N–H and O–H groups in total. The number of nitrogens with one attached hydrogen (secondary N) is 1. The van der Waals surface area contributed by atoms with Gasteiger partial charge in [0.2, 0.25) is 0 Å². The van der Waals surface area contributed by atoms with Crippen LogP contribution >= 0.6 is 11.6 Å². The second kappa shape index (κ2) is 8.18. The number of hydrogen-bond donors (Lipinski definition) is 1. The molecule has 0 fully saturated rings. The fourth-order valence-corrected chi connectivity index (χ4v) is 4.76. The molecule has 6 rings (SSSR count). The van der Waals surface area contributed by atoms with Crippen LogP contribution in [-0.4, -0.2) is 40.2 Å². The quantitative estimate of drug-likeness (QED) is 0.372. The summed E-state index contributed by atoms with van der Waals surface area (Å²) in [6.07, 6.45) is 1.58. The number of benzene rings is 3. The van der Waals surface area contributed by atoms with E-state index in [1.807, 2.05) is 25.1 Å². The average molecular weight is 472 g/mol. The van der Waals surface area contributed by atoms with Gasteiger partial charge in [0.05, 0.1) is 35.2 Å². The number of ether oxygens (including phenoxy) is 2. The first-order chi connectivity index (χ1) is 16.6. The Morgan fingerprint density at radius 2 is 1.88 bits per heavy atom. The Bertz CT molecular complexity index is 1550. The maximum absolute atomic E-state index is 6.43. The summed E-state index contributed by atoms with van der Waals surface area (Å²) in [5, 5.41) is 1.41. The summed E-state index contributed by atoms with van der Waals surface area (Å²) >= 11 is 6.43. The molecule has 0 amide bonds. The molecule has 1 aliphatic rings. The first-order valence-electron chi connectivity index (χ1n) is 11.0. The fraction of sp³-hybridized carbons (Fsp3) is 0.192. The number of aryl methyl sites for hydroxylation is 1. The van der Waals surface area contributed by atoms with Crippen molar-refractivity contribution in [3.8, 4) is 22.6 Å². The maximum Gasteiger partial charge on any atom is 0.140 e. The van der Waals surface area contributed by atoms with Gasteiger partial charge in [0.15, 0.2) is 0 Å². The number of methoxy groups -OCH3 is 1. The van der Waals surface area contributed by atoms with E-state index in [-0.39, 0.29) is 0 Å². The van der Waals surface area contributed by atoms with Crippen LogP contribution in [0.1, 0.15) is 11.4 Å². The highest BCUT2D eigenvalue weighted by atomic mass is 35.5. The van der Waals surface area contributed by atoms with Crippen molar-refractivity contribution in [1.82, 2.24) is 19.9 Å². The van der Waals surface area contributed by atoms with Crippen LogP contribution < -0.4 is 14.4 Å². The van der Waals surface area contributed by atoms with Crippen molar-refractivity contribution in [1.29, 1.82) is 0 Å². The van der Waals surface area contributed by atoms with Crippen LogP contribution in [0.15, 0.2) is 54.9 Å². The third kappa shape index (κ3) is 3.58. The number of imidazole rings is 1. The lowest BCUT2D eigenvalue weighted by Gasteiger charge is -2.22. The molecular weight excluding hydrogens is 450 g/mol. The van der Waals surface area contributed by atoms with Crippen LogP contribution in [0.2, 0.25) is 5.02 Å². The van der Waals surface area contributed by atoms with Gasteiger partial charge in [-0.1, -0.05) is 23.7 Å². The highest BCUT2D eigenvalue weighted by molar-refractivity contribution is 6.33. The van der Waals surface area contributed by atoms with E-state index in [4.69, 9.17) is 21.1 Å². The highest BCUT2D eigenvalue weighted by Crippen LogP contribution is 2.36. The average Bonchev–Trinajstić information content (AvgIpc) is 3.09. The molecule has 0 spiro atoms. The molecule has 3 heterocycles. The van der Waals surface area contributed by atoms with E-state index < -0.39 is 0 Å². The van der Waals surface area contributed by atoms with Crippen molar-refractivity contribution in [2.75, 3.05) is 25.2 Å². The van der Waals surface area contributed by atoms with Gasteiger partial charge in [-0.3, -0.25) is 0 Å². The Morgan fingerprint density at radius 3 is 2.76 bits per heavy atom. The lowest BCUT2D eigenvalue weighted by atomic mass is 10.0. The third-order valence-electron chi connectivity index (χ3n) is 6.16. The normalized spacial score (nSPS) is 13.6. The summed E-state index contributed by atoms with van der Waals surface area (Å²) in [4.78, 5) is 19.1. The standard InChI is InChI=1S/C26H22ClN5O2/c1-15-30-21-5-3-17(10-23(21)31-15)16-4-6-24-18(9-16)13-32(7-8-34-24)26-19-11-20(27)25(33-2)12-22(19)28-14-29-26/h3-6,9-12,14H,7-8,13H2,1-2H3,(H,30,31). The topological polar surface area (TPSA) is 76.2 Å². The predicted molar refractivity (Wildman–Crippen MR) is 134 cm³/mol. The zero-order chi connectivity index (χ0) is 23.2. The van der Waals surface area contributed by atoms with Crippen molar-refractivity contribution in [3.05, 3.63) is 71.3 Å². The SMILES string of the molecule is COc1cc2ncnc(N3CCOc4ccc(-c5ccc6nc(C)[nH]c6c5)cc4C3)c2cc1Cl. The van der Waals surface area contributed by atoms with Crippen LogP contribution in [0.25, 0.3) is 33.1 Å². The van der Waals surface area contributed by atoms with Gasteiger partial charge in [0.1, 0.15) is 36.1 Å². The van der Waals surface area contributed by atoms with Gasteiger partial charge >= 0.3 is 0 Å². The minimum atomic E-state index is 0.532. The highest BCUT2D eigenvalue weighted by Gasteiger charge is 2.20. The molecule has 0 bridgehead atoms. The number of rotatable bonds is 3. The van der Waals surface area contributed by atoms with Crippen molar-refractivity contribution < 1.29 is 9.47 Å². The van der Waals surface area contributed by atoms with Crippen molar-refractivity contribution in [3.63, 3.8) is 0 Å². The summed E-state index contributed by atoms with van der Waals surface area (Å²) < 4.78 is 11.4. The molecule has 0 saturated heterocycles. The number of aromatic amines is 1. The number of nitrogens with zero attached hydrogens (tertiary/aromatic N) is 4. The predicted octanol–water partition coefficient (Wildman–Crippen LogP) is 5.54. The fourth-order valence-electron chi connectivity index (χ4n) is 4.52. The Balaban J connectivity index is 1.39. The molecule has 34 heavy (non-hydrogen) atoms. The van der Waals surface area contributed by atoms with Crippen molar-refractivity contribution in [2.45, 2.75) is 13.5 Å². The first-order valence-corrected chi connectivity index (χ1v) is 11.4. The maximum atomic E-state index is 6.43. The van der Waals surface area contributed by atoms with Gasteiger partial charge in [-0.05, 0) is 48.4 Å². The summed E-state index contributed by atoms with van der Waals surface area (Å²) in [5.41, 5.74) is 6.13. The van der Waals surface area contributed by atoms with Crippen LogP contribution in [-0.2, 0) is 6.54 Å². The third-order valence-corrected chi connectivity index (χ3v) is 6.46. The second-order valence-corrected chi connectivity index (χ2v) is 8.76. The molecule has 5 aromatic rings. The molecule has 7 nitrogen and oxygen atoms in total. The lowest BCUT2D eigenvalue weighted by Crippen LogP contribution is -2.26. The molecule has 170 valence electrons. The van der Waals surface area contributed by atoms with Crippen LogP contribution in [0.3, 0.4) is 0 Å². The van der Waals surface area contributed by atoms with Crippen LogP contribution in [0.4, 0.5) is 5.82 Å². The molecular formula is C26H22ClN5O2. The molecule has 1 aliphatic heterocycles. The van der Waals surface area contributed by atoms with E-state index in [9.17, 15) is 0 Å². The molecule has 0 saturated carbocycles. The van der Waals surface area contributed by atoms with E-state index in [1.54, 1.807) is 13.4 Å². The second-order valence-electron chi connectivity index (χ2n) is 8.35. The van der Waals surface area contributed by atoms with Gasteiger partial charge in [0, 0.05) is 23.6 Å².